The highest BCUT2D eigenvalue weighted by atomic mass is 32.1. The number of hydrogen-bond donors (Lipinski definition) is 0. The van der Waals surface area contributed by atoms with Gasteiger partial charge in [-0.1, -0.05) is 32.0 Å². The molecule has 0 aliphatic rings. The fourth-order valence-electron chi connectivity index (χ4n) is 1.48. The lowest BCUT2D eigenvalue weighted by Gasteiger charge is -2.29. The van der Waals surface area contributed by atoms with Crippen molar-refractivity contribution in [3.05, 3.63) is 0 Å². The van der Waals surface area contributed by atoms with Gasteiger partial charge >= 0.3 is 0 Å². The van der Waals surface area contributed by atoms with Gasteiger partial charge in [-0.3, -0.25) is 0 Å². The molecule has 0 aliphatic heterocycles. The summed E-state index contributed by atoms with van der Waals surface area (Å²) in [5, 5.41) is 1.85. The molecule has 0 saturated heterocycles. The maximum absolute atomic E-state index is 4.84. The first-order valence-corrected chi connectivity index (χ1v) is 5.85. The summed E-state index contributed by atoms with van der Waals surface area (Å²) in [5.74, 6) is 0. The van der Waals surface area contributed by atoms with Crippen LogP contribution in [0.15, 0.2) is 0 Å². The molecule has 0 heterocycles. The molecular formula is C11H24NS+. The quantitative estimate of drug-likeness (QED) is 0.331. The van der Waals surface area contributed by atoms with Crippen molar-refractivity contribution in [2.45, 2.75) is 39.0 Å². The summed E-state index contributed by atoms with van der Waals surface area (Å²) in [6.45, 7) is 4.74. The molecule has 13 heavy (non-hydrogen) atoms. The van der Waals surface area contributed by atoms with Crippen molar-refractivity contribution in [2.24, 2.45) is 0 Å². The Kier molecular flexibility index (Phi) is 7.48. The standard InChI is InChI=1S/C11H24NS/c1-4-5-6-7-9-12(2,3)10-8-11-13/h11H,4-10H2,1-3H3/q+1. The number of hydrogen-bond acceptors (Lipinski definition) is 1. The van der Waals surface area contributed by atoms with E-state index in [4.69, 9.17) is 12.2 Å². The Morgan fingerprint density at radius 1 is 1.08 bits per heavy atom. The van der Waals surface area contributed by atoms with E-state index in [-0.39, 0.29) is 0 Å². The Bertz CT molecular complexity index is 132. The van der Waals surface area contributed by atoms with Crippen LogP contribution in [-0.4, -0.2) is 37.0 Å². The molecule has 0 saturated carbocycles. The van der Waals surface area contributed by atoms with Crippen molar-refractivity contribution in [3.63, 3.8) is 0 Å². The van der Waals surface area contributed by atoms with Crippen LogP contribution in [0, 0.1) is 0 Å². The van der Waals surface area contributed by atoms with Crippen LogP contribution >= 0.6 is 12.2 Å². The minimum atomic E-state index is 1.07. The first-order valence-electron chi connectivity index (χ1n) is 5.38. The van der Waals surface area contributed by atoms with E-state index in [1.165, 1.54) is 38.8 Å². The van der Waals surface area contributed by atoms with Gasteiger partial charge in [0.2, 0.25) is 0 Å². The third-order valence-corrected chi connectivity index (χ3v) is 2.70. The lowest BCUT2D eigenvalue weighted by atomic mass is 10.2. The molecule has 0 bridgehead atoms. The summed E-state index contributed by atoms with van der Waals surface area (Å²) in [5.41, 5.74) is 0. The Balaban J connectivity index is 3.44. The number of nitrogens with zero attached hydrogens (tertiary/aromatic N) is 1. The topological polar surface area (TPSA) is 0 Å². The average molecular weight is 202 g/mol. The van der Waals surface area contributed by atoms with Gasteiger partial charge in [-0.15, -0.1) is 0 Å². The van der Waals surface area contributed by atoms with Crippen LogP contribution in [0.2, 0.25) is 0 Å². The Hall–Kier alpha value is 0.0500. The van der Waals surface area contributed by atoms with E-state index < -0.39 is 0 Å². The van der Waals surface area contributed by atoms with Crippen LogP contribution < -0.4 is 0 Å². The zero-order valence-corrected chi connectivity index (χ0v) is 10.2. The molecule has 78 valence electrons. The fraction of sp³-hybridized carbons (Fsp3) is 0.909. The lowest BCUT2D eigenvalue weighted by Crippen LogP contribution is -2.41. The van der Waals surface area contributed by atoms with Gasteiger partial charge in [0.1, 0.15) is 0 Å². The monoisotopic (exact) mass is 202 g/mol. The minimum absolute atomic E-state index is 1.07. The maximum atomic E-state index is 4.84. The van der Waals surface area contributed by atoms with E-state index in [2.05, 4.69) is 21.0 Å². The Morgan fingerprint density at radius 3 is 2.31 bits per heavy atom. The first-order chi connectivity index (χ1) is 6.12. The van der Waals surface area contributed by atoms with Crippen LogP contribution in [0.1, 0.15) is 39.0 Å². The maximum Gasteiger partial charge on any atom is 0.0825 e. The molecule has 0 aromatic carbocycles. The lowest BCUT2D eigenvalue weighted by molar-refractivity contribution is -0.889. The van der Waals surface area contributed by atoms with E-state index in [9.17, 15) is 0 Å². The third kappa shape index (κ3) is 8.38. The summed E-state index contributed by atoms with van der Waals surface area (Å²) >= 11 is 4.84. The molecule has 0 rings (SSSR count). The van der Waals surface area contributed by atoms with E-state index in [0.29, 0.717) is 0 Å². The highest BCUT2D eigenvalue weighted by molar-refractivity contribution is 7.78. The van der Waals surface area contributed by atoms with Gasteiger partial charge in [0.05, 0.1) is 27.2 Å². The third-order valence-electron chi connectivity index (χ3n) is 2.47. The minimum Gasteiger partial charge on any atom is -0.328 e. The zero-order chi connectivity index (χ0) is 10.2. The Labute approximate surface area is 88.7 Å². The average Bonchev–Trinajstić information content (AvgIpc) is 2.09. The number of unbranched alkanes of at least 4 members (excludes halogenated alkanes) is 3. The highest BCUT2D eigenvalue weighted by Crippen LogP contribution is 2.05. The molecule has 0 unspecified atom stereocenters. The van der Waals surface area contributed by atoms with Crippen molar-refractivity contribution in [3.8, 4) is 0 Å². The SMILES string of the molecule is CCCCCC[N+](C)(C)CCC=S. The number of rotatable bonds is 8. The second kappa shape index (κ2) is 7.45. The van der Waals surface area contributed by atoms with Crippen LogP contribution in [0.5, 0.6) is 0 Å². The molecule has 0 spiro atoms. The van der Waals surface area contributed by atoms with Crippen molar-refractivity contribution in [2.75, 3.05) is 27.2 Å². The molecule has 0 amide bonds. The molecule has 0 N–H and O–H groups in total. The van der Waals surface area contributed by atoms with Gasteiger partial charge in [-0.05, 0) is 18.2 Å². The number of quaternary nitrogens is 1. The molecule has 0 aromatic heterocycles. The second-order valence-corrected chi connectivity index (χ2v) is 4.73. The second-order valence-electron chi connectivity index (χ2n) is 4.40. The smallest absolute Gasteiger partial charge is 0.0825 e. The molecule has 0 radical (unpaired) electrons. The van der Waals surface area contributed by atoms with Crippen LogP contribution in [0.25, 0.3) is 0 Å². The van der Waals surface area contributed by atoms with E-state index in [0.717, 1.165) is 10.9 Å². The van der Waals surface area contributed by atoms with Crippen molar-refractivity contribution in [1.82, 2.24) is 0 Å². The van der Waals surface area contributed by atoms with Gasteiger partial charge in [0.15, 0.2) is 0 Å². The van der Waals surface area contributed by atoms with Gasteiger partial charge in [-0.25, -0.2) is 0 Å². The normalized spacial score (nSPS) is 11.6. The molecular weight excluding hydrogens is 178 g/mol. The van der Waals surface area contributed by atoms with Gasteiger partial charge < -0.3 is 4.48 Å². The van der Waals surface area contributed by atoms with E-state index in [1.807, 2.05) is 5.37 Å². The van der Waals surface area contributed by atoms with Crippen molar-refractivity contribution < 1.29 is 4.48 Å². The molecule has 0 aliphatic carbocycles. The molecule has 0 aromatic rings. The van der Waals surface area contributed by atoms with Gasteiger partial charge in [0, 0.05) is 6.42 Å². The summed E-state index contributed by atoms with van der Waals surface area (Å²) in [6.07, 6.45) is 6.52. The van der Waals surface area contributed by atoms with Gasteiger partial charge in [-0.2, -0.15) is 0 Å². The molecule has 0 fully saturated rings. The van der Waals surface area contributed by atoms with Crippen LogP contribution in [-0.2, 0) is 0 Å². The van der Waals surface area contributed by atoms with Crippen LogP contribution in [0.3, 0.4) is 0 Å². The molecule has 2 heteroatoms. The largest absolute Gasteiger partial charge is 0.328 e. The predicted molar refractivity (Wildman–Crippen MR) is 64.3 cm³/mol. The van der Waals surface area contributed by atoms with Crippen LogP contribution in [0.4, 0.5) is 0 Å². The highest BCUT2D eigenvalue weighted by Gasteiger charge is 2.12. The van der Waals surface area contributed by atoms with E-state index >= 15 is 0 Å². The summed E-state index contributed by atoms with van der Waals surface area (Å²) in [6, 6.07) is 0. The van der Waals surface area contributed by atoms with E-state index in [1.54, 1.807) is 0 Å². The molecule has 1 nitrogen and oxygen atoms in total. The summed E-state index contributed by atoms with van der Waals surface area (Å²) in [7, 11) is 4.59. The zero-order valence-electron chi connectivity index (χ0n) is 9.38. The van der Waals surface area contributed by atoms with Gasteiger partial charge in [0.25, 0.3) is 0 Å². The molecule has 0 atom stereocenters. The van der Waals surface area contributed by atoms with Crippen molar-refractivity contribution in [1.29, 1.82) is 0 Å². The van der Waals surface area contributed by atoms with Crippen molar-refractivity contribution >= 4 is 17.6 Å². The fourth-order valence-corrected chi connectivity index (χ4v) is 1.59. The summed E-state index contributed by atoms with van der Waals surface area (Å²) in [4.78, 5) is 0. The number of thiocarbonyl (C=S) groups is 1. The summed E-state index contributed by atoms with van der Waals surface area (Å²) < 4.78 is 1.12. The Morgan fingerprint density at radius 2 is 1.77 bits per heavy atom. The first kappa shape index (κ1) is 13.1. The predicted octanol–water partition coefficient (Wildman–Crippen LogP) is 3.03.